The molecule has 0 spiro atoms. The lowest BCUT2D eigenvalue weighted by Gasteiger charge is -2.16. The molecule has 2 aromatic rings. The second-order valence-corrected chi connectivity index (χ2v) is 9.67. The molecule has 1 atom stereocenters. The monoisotopic (exact) mass is 373 g/mol. The molecule has 0 bridgehead atoms. The Bertz CT molecular complexity index is 962. The molecule has 2 aliphatic heterocycles. The number of para-hydroxylation sites is 1. The van der Waals surface area contributed by atoms with Gasteiger partial charge < -0.3 is 4.90 Å². The molecule has 1 aromatic carbocycles. The number of amides is 1. The third-order valence-corrected chi connectivity index (χ3v) is 7.01. The van der Waals surface area contributed by atoms with Crippen molar-refractivity contribution in [1.82, 2.24) is 9.78 Å². The number of sulfone groups is 1. The first-order valence-corrected chi connectivity index (χ1v) is 10.9. The van der Waals surface area contributed by atoms with Crippen LogP contribution < -0.4 is 4.90 Å². The Balaban J connectivity index is 1.68. The van der Waals surface area contributed by atoms with Gasteiger partial charge in [-0.15, -0.1) is 0 Å². The van der Waals surface area contributed by atoms with Gasteiger partial charge in [-0.05, 0) is 36.5 Å². The molecule has 0 unspecified atom stereocenters. The summed E-state index contributed by atoms with van der Waals surface area (Å²) in [7, 11) is -3.01. The van der Waals surface area contributed by atoms with Crippen LogP contribution in [0.15, 0.2) is 30.3 Å². The maximum Gasteiger partial charge on any atom is 0.278 e. The van der Waals surface area contributed by atoms with E-state index in [-0.39, 0.29) is 29.4 Å². The topological polar surface area (TPSA) is 72.3 Å². The van der Waals surface area contributed by atoms with Crippen molar-refractivity contribution < 1.29 is 13.2 Å². The van der Waals surface area contributed by atoms with Gasteiger partial charge in [0.25, 0.3) is 5.91 Å². The highest BCUT2D eigenvalue weighted by molar-refractivity contribution is 7.91. The Kier molecular flexibility index (Phi) is 4.14. The van der Waals surface area contributed by atoms with Gasteiger partial charge in [0.05, 0.1) is 17.5 Å². The minimum absolute atomic E-state index is 0.106. The van der Waals surface area contributed by atoms with Crippen LogP contribution in [0.4, 0.5) is 5.69 Å². The van der Waals surface area contributed by atoms with Gasteiger partial charge in [-0.2, -0.15) is 5.10 Å². The standard InChI is InChI=1S/C19H23N3O3S/c1-13(2)18-11-16(20-22(18)15-8-10-26(24,25)12-15)19(23)21-9-7-14-5-3-4-6-17(14)21/h3-6,11,13,15H,7-10,12H2,1-2H3/t15-/m1/s1. The molecule has 26 heavy (non-hydrogen) atoms. The average Bonchev–Trinajstić information content (AvgIpc) is 3.29. The number of hydrogen-bond donors (Lipinski definition) is 0. The van der Waals surface area contributed by atoms with Gasteiger partial charge in [-0.1, -0.05) is 32.0 Å². The minimum atomic E-state index is -3.01. The van der Waals surface area contributed by atoms with E-state index in [2.05, 4.69) is 5.10 Å². The normalized spacial score (nSPS) is 21.3. The van der Waals surface area contributed by atoms with Crippen molar-refractivity contribution in [3.8, 4) is 0 Å². The van der Waals surface area contributed by atoms with Crippen LogP contribution >= 0.6 is 0 Å². The first-order valence-electron chi connectivity index (χ1n) is 9.05. The van der Waals surface area contributed by atoms with E-state index < -0.39 is 9.84 Å². The predicted molar refractivity (Wildman–Crippen MR) is 100 cm³/mol. The number of hydrogen-bond acceptors (Lipinski definition) is 4. The van der Waals surface area contributed by atoms with Crippen molar-refractivity contribution >= 4 is 21.4 Å². The lowest BCUT2D eigenvalue weighted by Crippen LogP contribution is -2.29. The molecule has 6 nitrogen and oxygen atoms in total. The fourth-order valence-corrected chi connectivity index (χ4v) is 5.58. The van der Waals surface area contributed by atoms with Crippen LogP contribution in [0, 0.1) is 0 Å². The Morgan fingerprint density at radius 2 is 2.04 bits per heavy atom. The fraction of sp³-hybridized carbons (Fsp3) is 0.474. The lowest BCUT2D eigenvalue weighted by molar-refractivity contribution is 0.0983. The fourth-order valence-electron chi connectivity index (χ4n) is 3.89. The van der Waals surface area contributed by atoms with E-state index in [0.717, 1.165) is 17.8 Å². The zero-order valence-corrected chi connectivity index (χ0v) is 15.9. The molecular formula is C19H23N3O3S. The highest BCUT2D eigenvalue weighted by atomic mass is 32.2. The molecule has 4 rings (SSSR count). The van der Waals surface area contributed by atoms with E-state index in [1.165, 1.54) is 5.56 Å². The van der Waals surface area contributed by atoms with Gasteiger partial charge in [0.15, 0.2) is 15.5 Å². The molecule has 1 saturated heterocycles. The number of rotatable bonds is 3. The third-order valence-electron chi connectivity index (χ3n) is 5.26. The van der Waals surface area contributed by atoms with Crippen molar-refractivity contribution in [3.05, 3.63) is 47.3 Å². The molecule has 0 radical (unpaired) electrons. The summed E-state index contributed by atoms with van der Waals surface area (Å²) in [5.41, 5.74) is 3.44. The summed E-state index contributed by atoms with van der Waals surface area (Å²) in [6.45, 7) is 4.73. The number of carbonyl (C=O) groups excluding carboxylic acids is 1. The van der Waals surface area contributed by atoms with Crippen molar-refractivity contribution in [3.63, 3.8) is 0 Å². The number of benzene rings is 1. The van der Waals surface area contributed by atoms with E-state index in [1.807, 2.05) is 44.2 Å². The molecule has 0 saturated carbocycles. The van der Waals surface area contributed by atoms with Crippen molar-refractivity contribution in [2.24, 2.45) is 0 Å². The van der Waals surface area contributed by atoms with Crippen LogP contribution in [-0.2, 0) is 16.3 Å². The van der Waals surface area contributed by atoms with Crippen molar-refractivity contribution in [1.29, 1.82) is 0 Å². The number of carbonyl (C=O) groups is 1. The van der Waals surface area contributed by atoms with Crippen LogP contribution in [0.3, 0.4) is 0 Å². The molecule has 3 heterocycles. The Morgan fingerprint density at radius 1 is 1.27 bits per heavy atom. The van der Waals surface area contributed by atoms with Crippen molar-refractivity contribution in [2.75, 3.05) is 23.0 Å². The SMILES string of the molecule is CC(C)c1cc(C(=O)N2CCc3ccccc32)nn1[C@@H]1CCS(=O)(=O)C1. The Hall–Kier alpha value is -2.15. The van der Waals surface area contributed by atoms with E-state index in [1.54, 1.807) is 9.58 Å². The molecule has 0 N–H and O–H groups in total. The maximum atomic E-state index is 13.1. The minimum Gasteiger partial charge on any atom is -0.306 e. The van der Waals surface area contributed by atoms with Crippen LogP contribution in [-0.4, -0.2) is 42.2 Å². The van der Waals surface area contributed by atoms with Gasteiger partial charge in [0, 0.05) is 17.9 Å². The summed E-state index contributed by atoms with van der Waals surface area (Å²) in [5.74, 6) is 0.349. The molecular weight excluding hydrogens is 350 g/mol. The molecule has 7 heteroatoms. The number of fused-ring (bicyclic) bond motifs is 1. The average molecular weight is 373 g/mol. The van der Waals surface area contributed by atoms with Crippen molar-refractivity contribution in [2.45, 2.75) is 38.6 Å². The quantitative estimate of drug-likeness (QED) is 0.829. The summed E-state index contributed by atoms with van der Waals surface area (Å²) >= 11 is 0. The predicted octanol–water partition coefficient (Wildman–Crippen LogP) is 2.57. The summed E-state index contributed by atoms with van der Waals surface area (Å²) in [6.07, 6.45) is 1.41. The second kappa shape index (κ2) is 6.23. The van der Waals surface area contributed by atoms with Gasteiger partial charge in [0.1, 0.15) is 0 Å². The zero-order valence-electron chi connectivity index (χ0n) is 15.1. The lowest BCUT2D eigenvalue weighted by atomic mass is 10.1. The van der Waals surface area contributed by atoms with Gasteiger partial charge >= 0.3 is 0 Å². The van der Waals surface area contributed by atoms with E-state index in [4.69, 9.17) is 0 Å². The summed E-state index contributed by atoms with van der Waals surface area (Å²) in [5, 5.41) is 4.56. The van der Waals surface area contributed by atoms with Gasteiger partial charge in [0.2, 0.25) is 0 Å². The zero-order chi connectivity index (χ0) is 18.5. The van der Waals surface area contributed by atoms with E-state index in [9.17, 15) is 13.2 Å². The molecule has 1 fully saturated rings. The Labute approximate surface area is 153 Å². The largest absolute Gasteiger partial charge is 0.306 e. The van der Waals surface area contributed by atoms with Crippen LogP contribution in [0.2, 0.25) is 0 Å². The summed E-state index contributed by atoms with van der Waals surface area (Å²) in [4.78, 5) is 14.8. The van der Waals surface area contributed by atoms with E-state index >= 15 is 0 Å². The summed E-state index contributed by atoms with van der Waals surface area (Å²) in [6, 6.07) is 9.59. The summed E-state index contributed by atoms with van der Waals surface area (Å²) < 4.78 is 25.5. The van der Waals surface area contributed by atoms with Gasteiger partial charge in [-0.3, -0.25) is 9.48 Å². The first-order chi connectivity index (χ1) is 12.4. The second-order valence-electron chi connectivity index (χ2n) is 7.45. The third kappa shape index (κ3) is 2.94. The van der Waals surface area contributed by atoms with Gasteiger partial charge in [-0.25, -0.2) is 8.42 Å². The maximum absolute atomic E-state index is 13.1. The molecule has 0 aliphatic carbocycles. The number of aromatic nitrogens is 2. The van der Waals surface area contributed by atoms with Crippen LogP contribution in [0.25, 0.3) is 0 Å². The Morgan fingerprint density at radius 3 is 2.73 bits per heavy atom. The molecule has 1 aromatic heterocycles. The molecule has 1 amide bonds. The molecule has 2 aliphatic rings. The number of anilines is 1. The first kappa shape index (κ1) is 17.3. The highest BCUT2D eigenvalue weighted by Crippen LogP contribution is 2.31. The molecule has 138 valence electrons. The van der Waals surface area contributed by atoms with E-state index in [0.29, 0.717) is 18.7 Å². The highest BCUT2D eigenvalue weighted by Gasteiger charge is 2.33. The van der Waals surface area contributed by atoms with Crippen LogP contribution in [0.5, 0.6) is 0 Å². The van der Waals surface area contributed by atoms with Crippen LogP contribution in [0.1, 0.15) is 54.0 Å². The number of nitrogens with zero attached hydrogens (tertiary/aromatic N) is 3. The smallest absolute Gasteiger partial charge is 0.278 e.